The van der Waals surface area contributed by atoms with Crippen molar-refractivity contribution in [1.29, 1.82) is 0 Å². The molecule has 10 heavy (non-hydrogen) atoms. The van der Waals surface area contributed by atoms with E-state index in [1.165, 1.54) is 0 Å². The Morgan fingerprint density at radius 1 is 1.70 bits per heavy atom. The van der Waals surface area contributed by atoms with Gasteiger partial charge in [-0.25, -0.2) is 8.51 Å². The van der Waals surface area contributed by atoms with Crippen molar-refractivity contribution in [3.63, 3.8) is 0 Å². The van der Waals surface area contributed by atoms with Crippen LogP contribution < -0.4 is 5.73 Å². The fraction of sp³-hybridized carbons (Fsp3) is 1.00. The minimum Gasteiger partial charge on any atom is -0.327 e. The third kappa shape index (κ3) is 2.04. The smallest absolute Gasteiger partial charge is 0.0911 e. The van der Waals surface area contributed by atoms with Crippen LogP contribution in [0.1, 0.15) is 12.8 Å². The first-order valence-corrected chi connectivity index (χ1v) is 5.05. The fourth-order valence-corrected chi connectivity index (χ4v) is 2.00. The van der Waals surface area contributed by atoms with Crippen LogP contribution in [0.3, 0.4) is 0 Å². The summed E-state index contributed by atoms with van der Waals surface area (Å²) in [5.74, 6) is 0. The van der Waals surface area contributed by atoms with Gasteiger partial charge in [-0.3, -0.25) is 0 Å². The highest BCUT2D eigenvalue weighted by molar-refractivity contribution is 7.81. The van der Waals surface area contributed by atoms with E-state index in [1.807, 2.05) is 4.31 Å². The van der Waals surface area contributed by atoms with Gasteiger partial charge < -0.3 is 5.73 Å². The summed E-state index contributed by atoms with van der Waals surface area (Å²) in [6.45, 7) is 1.74. The Kier molecular flexibility index (Phi) is 2.82. The van der Waals surface area contributed by atoms with Gasteiger partial charge in [0, 0.05) is 25.4 Å². The summed E-state index contributed by atoms with van der Waals surface area (Å²) >= 11 is 0. The molecule has 0 aliphatic carbocycles. The molecular weight excluding hydrogens is 148 g/mol. The van der Waals surface area contributed by atoms with Crippen molar-refractivity contribution in [1.82, 2.24) is 4.31 Å². The first-order chi connectivity index (χ1) is 4.70. The molecule has 1 saturated heterocycles. The van der Waals surface area contributed by atoms with Crippen molar-refractivity contribution in [2.75, 3.05) is 19.3 Å². The first kappa shape index (κ1) is 8.17. The van der Waals surface area contributed by atoms with Gasteiger partial charge in [-0.05, 0) is 12.8 Å². The standard InChI is InChI=1S/C6H14N2OS/c1-10(9)8-4-2-3-6(7)5-8/h6H,2-5,7H2,1H3. The van der Waals surface area contributed by atoms with Gasteiger partial charge in [-0.15, -0.1) is 0 Å². The number of nitrogens with two attached hydrogens (primary N) is 1. The van der Waals surface area contributed by atoms with Crippen LogP contribution in [0.5, 0.6) is 0 Å². The second-order valence-corrected chi connectivity index (χ2v) is 4.08. The van der Waals surface area contributed by atoms with E-state index in [0.717, 1.165) is 25.9 Å². The van der Waals surface area contributed by atoms with Crippen molar-refractivity contribution in [2.24, 2.45) is 5.73 Å². The van der Waals surface area contributed by atoms with Crippen molar-refractivity contribution in [3.05, 3.63) is 0 Å². The Bertz CT molecular complexity index is 140. The minimum absolute atomic E-state index is 0.234. The van der Waals surface area contributed by atoms with Crippen molar-refractivity contribution < 1.29 is 4.21 Å². The third-order valence-corrected chi connectivity index (χ3v) is 2.84. The number of piperidine rings is 1. The minimum atomic E-state index is -0.819. The van der Waals surface area contributed by atoms with Gasteiger partial charge in [0.25, 0.3) is 0 Å². The fourth-order valence-electron chi connectivity index (χ4n) is 1.21. The molecule has 0 aromatic heterocycles. The molecule has 0 spiro atoms. The Labute approximate surface area is 64.2 Å². The zero-order valence-corrected chi connectivity index (χ0v) is 7.06. The normalized spacial score (nSPS) is 32.0. The summed E-state index contributed by atoms with van der Waals surface area (Å²) in [6, 6.07) is 0.234. The van der Waals surface area contributed by atoms with E-state index in [2.05, 4.69) is 0 Å². The summed E-state index contributed by atoms with van der Waals surface area (Å²) < 4.78 is 12.9. The van der Waals surface area contributed by atoms with E-state index in [1.54, 1.807) is 6.26 Å². The lowest BCUT2D eigenvalue weighted by molar-refractivity contribution is 0.332. The van der Waals surface area contributed by atoms with Crippen LogP contribution >= 0.6 is 0 Å². The van der Waals surface area contributed by atoms with E-state index < -0.39 is 11.0 Å². The molecule has 0 saturated carbocycles. The van der Waals surface area contributed by atoms with E-state index in [-0.39, 0.29) is 6.04 Å². The lowest BCUT2D eigenvalue weighted by Gasteiger charge is -2.27. The largest absolute Gasteiger partial charge is 0.327 e. The Balaban J connectivity index is 2.39. The predicted molar refractivity (Wildman–Crippen MR) is 42.8 cm³/mol. The van der Waals surface area contributed by atoms with Crippen LogP contribution in [0.4, 0.5) is 0 Å². The van der Waals surface area contributed by atoms with Gasteiger partial charge in [0.05, 0.1) is 11.0 Å². The summed E-state index contributed by atoms with van der Waals surface area (Å²) in [4.78, 5) is 0. The number of hydrogen-bond acceptors (Lipinski definition) is 2. The second kappa shape index (κ2) is 3.46. The molecule has 0 radical (unpaired) electrons. The third-order valence-electron chi connectivity index (χ3n) is 1.78. The van der Waals surface area contributed by atoms with E-state index in [0.29, 0.717) is 0 Å². The molecular formula is C6H14N2OS. The maximum absolute atomic E-state index is 10.9. The monoisotopic (exact) mass is 162 g/mol. The van der Waals surface area contributed by atoms with Gasteiger partial charge >= 0.3 is 0 Å². The quantitative estimate of drug-likeness (QED) is 0.575. The lowest BCUT2D eigenvalue weighted by Crippen LogP contribution is -2.43. The molecule has 1 aliphatic rings. The van der Waals surface area contributed by atoms with Gasteiger partial charge in [0.15, 0.2) is 0 Å². The Morgan fingerprint density at radius 3 is 2.80 bits per heavy atom. The SMILES string of the molecule is CS(=O)N1CCCC(N)C1. The summed E-state index contributed by atoms with van der Waals surface area (Å²) in [7, 11) is -0.819. The molecule has 0 amide bonds. The van der Waals surface area contributed by atoms with Gasteiger partial charge in [-0.2, -0.15) is 0 Å². The van der Waals surface area contributed by atoms with Crippen LogP contribution in [0, 0.1) is 0 Å². The second-order valence-electron chi connectivity index (χ2n) is 2.71. The van der Waals surface area contributed by atoms with Gasteiger partial charge in [0.1, 0.15) is 0 Å². The summed E-state index contributed by atoms with van der Waals surface area (Å²) in [5.41, 5.74) is 5.69. The van der Waals surface area contributed by atoms with Crippen LogP contribution in [-0.4, -0.2) is 33.9 Å². The van der Waals surface area contributed by atoms with Crippen molar-refractivity contribution in [3.8, 4) is 0 Å². The molecule has 1 fully saturated rings. The predicted octanol–water partition coefficient (Wildman–Crippen LogP) is -0.297. The lowest BCUT2D eigenvalue weighted by atomic mass is 10.1. The molecule has 1 aliphatic heterocycles. The topological polar surface area (TPSA) is 46.3 Å². The van der Waals surface area contributed by atoms with E-state index in [9.17, 15) is 4.21 Å². The van der Waals surface area contributed by atoms with Crippen LogP contribution in [0.25, 0.3) is 0 Å². The molecule has 2 N–H and O–H groups in total. The Hall–Kier alpha value is 0.0700. The highest BCUT2D eigenvalue weighted by Crippen LogP contribution is 2.08. The maximum Gasteiger partial charge on any atom is 0.0911 e. The van der Waals surface area contributed by atoms with Gasteiger partial charge in [-0.1, -0.05) is 0 Å². The number of rotatable bonds is 1. The molecule has 2 unspecified atom stereocenters. The van der Waals surface area contributed by atoms with Crippen LogP contribution in [0.15, 0.2) is 0 Å². The highest BCUT2D eigenvalue weighted by atomic mass is 32.2. The van der Waals surface area contributed by atoms with E-state index in [4.69, 9.17) is 5.73 Å². The maximum atomic E-state index is 10.9. The average molecular weight is 162 g/mol. The Morgan fingerprint density at radius 2 is 2.40 bits per heavy atom. The zero-order chi connectivity index (χ0) is 7.56. The molecule has 3 nitrogen and oxygen atoms in total. The molecule has 1 rings (SSSR count). The molecule has 0 aromatic carbocycles. The summed E-state index contributed by atoms with van der Waals surface area (Å²) in [5, 5.41) is 0. The van der Waals surface area contributed by atoms with Crippen LogP contribution in [-0.2, 0) is 11.0 Å². The zero-order valence-electron chi connectivity index (χ0n) is 6.25. The van der Waals surface area contributed by atoms with E-state index >= 15 is 0 Å². The first-order valence-electron chi connectivity index (χ1n) is 3.54. The molecule has 0 bridgehead atoms. The number of nitrogens with zero attached hydrogens (tertiary/aromatic N) is 1. The molecule has 2 atom stereocenters. The number of hydrogen-bond donors (Lipinski definition) is 1. The van der Waals surface area contributed by atoms with Crippen molar-refractivity contribution >= 4 is 11.0 Å². The van der Waals surface area contributed by atoms with Crippen molar-refractivity contribution in [2.45, 2.75) is 18.9 Å². The van der Waals surface area contributed by atoms with Crippen LogP contribution in [0.2, 0.25) is 0 Å². The summed E-state index contributed by atoms with van der Waals surface area (Å²) in [6.07, 6.45) is 3.87. The molecule has 1 heterocycles. The highest BCUT2D eigenvalue weighted by Gasteiger charge is 2.18. The van der Waals surface area contributed by atoms with Gasteiger partial charge in [0.2, 0.25) is 0 Å². The molecule has 60 valence electrons. The molecule has 4 heteroatoms. The molecule has 0 aromatic rings. The average Bonchev–Trinajstić information content (AvgIpc) is 1.88.